The summed E-state index contributed by atoms with van der Waals surface area (Å²) in [6.45, 7) is 8.35. The van der Waals surface area contributed by atoms with Gasteiger partial charge in [0.1, 0.15) is 31.1 Å². The van der Waals surface area contributed by atoms with E-state index in [4.69, 9.17) is 14.7 Å². The molecule has 0 aliphatic heterocycles. The van der Waals surface area contributed by atoms with Crippen molar-refractivity contribution in [3.63, 3.8) is 0 Å². The molecular formula is C21H28N6O3. The number of ether oxygens (including phenoxy) is 2. The molecule has 1 aromatic carbocycles. The van der Waals surface area contributed by atoms with E-state index in [-0.39, 0.29) is 6.61 Å². The Kier molecular flexibility index (Phi) is 8.53. The SMILES string of the molecule is CC(C)=NNc1ccc(OCC(C)(C)NCC(O)COc2ccccc2C#N)nn1. The summed E-state index contributed by atoms with van der Waals surface area (Å²) in [4.78, 5) is 0. The topological polar surface area (TPSA) is 125 Å². The molecular weight excluding hydrogens is 384 g/mol. The highest BCUT2D eigenvalue weighted by molar-refractivity contribution is 5.79. The largest absolute Gasteiger partial charge is 0.489 e. The number of anilines is 1. The van der Waals surface area contributed by atoms with E-state index in [0.29, 0.717) is 36.2 Å². The number of hydrogen-bond donors (Lipinski definition) is 3. The monoisotopic (exact) mass is 412 g/mol. The Morgan fingerprint density at radius 1 is 1.20 bits per heavy atom. The third kappa shape index (κ3) is 8.03. The molecule has 2 aromatic rings. The predicted octanol–water partition coefficient (Wildman–Crippen LogP) is 2.34. The van der Waals surface area contributed by atoms with Crippen molar-refractivity contribution in [3.8, 4) is 17.7 Å². The fraction of sp³-hybridized carbons (Fsp3) is 0.429. The van der Waals surface area contributed by atoms with Crippen LogP contribution in [0.1, 0.15) is 33.3 Å². The maximum atomic E-state index is 10.2. The quantitative estimate of drug-likeness (QED) is 0.379. The van der Waals surface area contributed by atoms with Crippen molar-refractivity contribution in [1.82, 2.24) is 15.5 Å². The minimum Gasteiger partial charge on any atom is -0.489 e. The summed E-state index contributed by atoms with van der Waals surface area (Å²) >= 11 is 0. The highest BCUT2D eigenvalue weighted by Crippen LogP contribution is 2.17. The first-order valence-electron chi connectivity index (χ1n) is 9.57. The van der Waals surface area contributed by atoms with Gasteiger partial charge in [0.25, 0.3) is 0 Å². The summed E-state index contributed by atoms with van der Waals surface area (Å²) in [7, 11) is 0. The fourth-order valence-corrected chi connectivity index (χ4v) is 2.25. The van der Waals surface area contributed by atoms with Gasteiger partial charge < -0.3 is 19.9 Å². The molecule has 0 radical (unpaired) electrons. The van der Waals surface area contributed by atoms with Crippen molar-refractivity contribution in [1.29, 1.82) is 5.26 Å². The van der Waals surface area contributed by atoms with Crippen LogP contribution in [0.4, 0.5) is 5.82 Å². The Bertz CT molecular complexity index is 873. The Balaban J connectivity index is 1.75. The van der Waals surface area contributed by atoms with Crippen molar-refractivity contribution < 1.29 is 14.6 Å². The number of aliphatic hydroxyl groups is 1. The average Bonchev–Trinajstić information content (AvgIpc) is 2.74. The molecule has 0 aliphatic rings. The van der Waals surface area contributed by atoms with E-state index < -0.39 is 11.6 Å². The molecule has 160 valence electrons. The molecule has 0 aliphatic carbocycles. The van der Waals surface area contributed by atoms with Gasteiger partial charge in [-0.05, 0) is 45.9 Å². The first-order valence-corrected chi connectivity index (χ1v) is 9.57. The molecule has 1 atom stereocenters. The highest BCUT2D eigenvalue weighted by atomic mass is 16.5. The first kappa shape index (κ1) is 23.1. The molecule has 0 amide bonds. The van der Waals surface area contributed by atoms with Gasteiger partial charge in [0.05, 0.1) is 5.56 Å². The van der Waals surface area contributed by atoms with Crippen molar-refractivity contribution in [2.24, 2.45) is 5.10 Å². The molecule has 9 nitrogen and oxygen atoms in total. The number of nitriles is 1. The second-order valence-electron chi connectivity index (χ2n) is 7.55. The summed E-state index contributed by atoms with van der Waals surface area (Å²) in [6.07, 6.45) is -0.747. The van der Waals surface area contributed by atoms with E-state index in [0.717, 1.165) is 5.71 Å². The zero-order valence-corrected chi connectivity index (χ0v) is 17.7. The van der Waals surface area contributed by atoms with Crippen LogP contribution < -0.4 is 20.2 Å². The minimum atomic E-state index is -0.747. The summed E-state index contributed by atoms with van der Waals surface area (Å²) in [5.41, 5.74) is 3.69. The van der Waals surface area contributed by atoms with E-state index >= 15 is 0 Å². The lowest BCUT2D eigenvalue weighted by molar-refractivity contribution is 0.0921. The van der Waals surface area contributed by atoms with E-state index in [1.54, 1.807) is 36.4 Å². The number of rotatable bonds is 11. The van der Waals surface area contributed by atoms with Crippen molar-refractivity contribution in [2.75, 3.05) is 25.2 Å². The minimum absolute atomic E-state index is 0.0717. The van der Waals surface area contributed by atoms with Crippen molar-refractivity contribution in [3.05, 3.63) is 42.0 Å². The molecule has 0 fully saturated rings. The molecule has 2 rings (SSSR count). The maximum absolute atomic E-state index is 10.2. The number of nitrogens with zero attached hydrogens (tertiary/aromatic N) is 4. The Labute approximate surface area is 176 Å². The van der Waals surface area contributed by atoms with Crippen molar-refractivity contribution in [2.45, 2.75) is 39.3 Å². The Morgan fingerprint density at radius 3 is 2.63 bits per heavy atom. The molecule has 0 spiro atoms. The van der Waals surface area contributed by atoms with Crippen LogP contribution >= 0.6 is 0 Å². The van der Waals surface area contributed by atoms with Crippen LogP contribution in [0.15, 0.2) is 41.5 Å². The van der Waals surface area contributed by atoms with Gasteiger partial charge in [-0.15, -0.1) is 10.2 Å². The molecule has 3 N–H and O–H groups in total. The lowest BCUT2D eigenvalue weighted by Gasteiger charge is -2.27. The average molecular weight is 412 g/mol. The third-order valence-corrected chi connectivity index (χ3v) is 3.87. The molecule has 30 heavy (non-hydrogen) atoms. The fourth-order valence-electron chi connectivity index (χ4n) is 2.25. The smallest absolute Gasteiger partial charge is 0.233 e. The second-order valence-corrected chi connectivity index (χ2v) is 7.55. The Hall–Kier alpha value is -3.22. The molecule has 1 aromatic heterocycles. The van der Waals surface area contributed by atoms with Gasteiger partial charge in [-0.3, -0.25) is 5.43 Å². The number of β-amino-alcohol motifs (C(OH)–C–C–N with tert-alkyl or cyclic N) is 1. The molecule has 0 saturated heterocycles. The van der Waals surface area contributed by atoms with E-state index in [1.807, 2.05) is 27.7 Å². The summed E-state index contributed by atoms with van der Waals surface area (Å²) in [6, 6.07) is 12.4. The van der Waals surface area contributed by atoms with E-state index in [1.165, 1.54) is 0 Å². The number of benzene rings is 1. The van der Waals surface area contributed by atoms with Crippen LogP contribution in [0.25, 0.3) is 0 Å². The van der Waals surface area contributed by atoms with Gasteiger partial charge in [0, 0.05) is 23.9 Å². The van der Waals surface area contributed by atoms with Crippen LogP contribution in [-0.2, 0) is 0 Å². The van der Waals surface area contributed by atoms with E-state index in [9.17, 15) is 5.11 Å². The number of aliphatic hydroxyl groups excluding tert-OH is 1. The van der Waals surface area contributed by atoms with Gasteiger partial charge in [-0.25, -0.2) is 0 Å². The number of hydrogen-bond acceptors (Lipinski definition) is 9. The lowest BCUT2D eigenvalue weighted by atomic mass is 10.1. The predicted molar refractivity (Wildman–Crippen MR) is 115 cm³/mol. The van der Waals surface area contributed by atoms with Crippen molar-refractivity contribution >= 4 is 11.5 Å². The van der Waals surface area contributed by atoms with Crippen LogP contribution in [-0.4, -0.2) is 52.4 Å². The first-order chi connectivity index (χ1) is 14.3. The third-order valence-electron chi connectivity index (χ3n) is 3.87. The standard InChI is InChI=1S/C21H28N6O3/c1-15(2)24-25-19-9-10-20(27-26-19)30-14-21(3,4)23-12-17(28)13-29-18-8-6-5-7-16(18)11-22/h5-10,17,23,28H,12-14H2,1-4H3,(H,25,26). The van der Waals surface area contributed by atoms with Gasteiger partial charge in [-0.2, -0.15) is 10.4 Å². The molecule has 0 bridgehead atoms. The zero-order valence-electron chi connectivity index (χ0n) is 17.7. The number of hydrazone groups is 1. The maximum Gasteiger partial charge on any atom is 0.233 e. The number of nitrogens with one attached hydrogen (secondary N) is 2. The normalized spacial score (nSPS) is 11.9. The van der Waals surface area contributed by atoms with Crippen LogP contribution in [0.2, 0.25) is 0 Å². The molecule has 0 saturated carbocycles. The Morgan fingerprint density at radius 2 is 1.97 bits per heavy atom. The van der Waals surface area contributed by atoms with Gasteiger partial charge in [-0.1, -0.05) is 12.1 Å². The van der Waals surface area contributed by atoms with Gasteiger partial charge in [0.15, 0.2) is 5.82 Å². The zero-order chi connectivity index (χ0) is 22.0. The van der Waals surface area contributed by atoms with Crippen LogP contribution in [0.3, 0.4) is 0 Å². The number of para-hydroxylation sites is 1. The summed E-state index contributed by atoms with van der Waals surface area (Å²) < 4.78 is 11.2. The second kappa shape index (κ2) is 11.1. The number of aromatic nitrogens is 2. The van der Waals surface area contributed by atoms with Gasteiger partial charge in [0.2, 0.25) is 5.88 Å². The van der Waals surface area contributed by atoms with Crippen LogP contribution in [0.5, 0.6) is 11.6 Å². The summed E-state index contributed by atoms with van der Waals surface area (Å²) in [5, 5.41) is 34.6. The summed E-state index contributed by atoms with van der Waals surface area (Å²) in [5.74, 6) is 1.38. The highest BCUT2D eigenvalue weighted by Gasteiger charge is 2.20. The molecule has 9 heteroatoms. The lowest BCUT2D eigenvalue weighted by Crippen LogP contribution is -2.48. The molecule has 1 heterocycles. The molecule has 1 unspecified atom stereocenters. The van der Waals surface area contributed by atoms with Crippen LogP contribution in [0, 0.1) is 11.3 Å². The van der Waals surface area contributed by atoms with E-state index in [2.05, 4.69) is 32.1 Å². The van der Waals surface area contributed by atoms with Gasteiger partial charge >= 0.3 is 0 Å².